The van der Waals surface area contributed by atoms with Crippen LogP contribution in [0.2, 0.25) is 0 Å². The number of halogens is 1. The van der Waals surface area contributed by atoms with E-state index >= 15 is 0 Å². The summed E-state index contributed by atoms with van der Waals surface area (Å²) < 4.78 is 11.8. The van der Waals surface area contributed by atoms with Crippen LogP contribution >= 0.6 is 15.9 Å². The second-order valence-corrected chi connectivity index (χ2v) is 6.30. The van der Waals surface area contributed by atoms with Crippen LogP contribution in [0.15, 0.2) is 39.9 Å². The smallest absolute Gasteiger partial charge is 0.222 e. The molecule has 0 aliphatic carbocycles. The number of hydrogen-bond donors (Lipinski definition) is 2. The van der Waals surface area contributed by atoms with Crippen LogP contribution < -0.4 is 14.9 Å². The van der Waals surface area contributed by atoms with Crippen LogP contribution in [0.5, 0.6) is 11.5 Å². The molecule has 1 aromatic heterocycles. The third-order valence-electron chi connectivity index (χ3n) is 3.56. The summed E-state index contributed by atoms with van der Waals surface area (Å²) in [7, 11) is 1.61. The molecule has 0 aliphatic rings. The Morgan fingerprint density at radius 2 is 2.16 bits per heavy atom. The highest BCUT2D eigenvalue weighted by molar-refractivity contribution is 9.10. The molecule has 3 rings (SSSR count). The molecule has 0 unspecified atom stereocenters. The SMILES string of the molecule is CCOc1c(Br)cc(/C=N\Nc2nc3ccc(C)cc3[nH]2)cc1OC. The summed E-state index contributed by atoms with van der Waals surface area (Å²) in [6, 6.07) is 9.83. The fourth-order valence-electron chi connectivity index (χ4n) is 2.44. The van der Waals surface area contributed by atoms with Crippen LogP contribution in [0.25, 0.3) is 11.0 Å². The summed E-state index contributed by atoms with van der Waals surface area (Å²) in [6.07, 6.45) is 1.70. The lowest BCUT2D eigenvalue weighted by Crippen LogP contribution is -1.98. The lowest BCUT2D eigenvalue weighted by atomic mass is 10.2. The standard InChI is InChI=1S/C18H19BrN4O2/c1-4-25-17-13(19)8-12(9-16(17)24-3)10-20-23-18-21-14-6-5-11(2)7-15(14)22-18/h5-10H,4H2,1-3H3,(H2,21,22,23)/b20-10-. The number of nitrogens with one attached hydrogen (secondary N) is 2. The molecular weight excluding hydrogens is 384 g/mol. The molecule has 3 aromatic rings. The van der Waals surface area contributed by atoms with Crippen molar-refractivity contribution in [3.63, 3.8) is 0 Å². The molecular formula is C18H19BrN4O2. The van der Waals surface area contributed by atoms with Crippen molar-refractivity contribution in [3.05, 3.63) is 45.9 Å². The molecule has 2 aromatic carbocycles. The van der Waals surface area contributed by atoms with Crippen LogP contribution in [-0.4, -0.2) is 29.9 Å². The topological polar surface area (TPSA) is 71.5 Å². The fourth-order valence-corrected chi connectivity index (χ4v) is 3.02. The number of rotatable bonds is 6. The first-order chi connectivity index (χ1) is 12.1. The van der Waals surface area contributed by atoms with E-state index in [1.54, 1.807) is 13.3 Å². The van der Waals surface area contributed by atoms with E-state index in [9.17, 15) is 0 Å². The van der Waals surface area contributed by atoms with Gasteiger partial charge in [0, 0.05) is 0 Å². The van der Waals surface area contributed by atoms with Crippen LogP contribution in [0, 0.1) is 6.92 Å². The number of nitrogens with zero attached hydrogens (tertiary/aromatic N) is 2. The van der Waals surface area contributed by atoms with E-state index in [0.717, 1.165) is 21.1 Å². The van der Waals surface area contributed by atoms with Gasteiger partial charge < -0.3 is 14.5 Å². The monoisotopic (exact) mass is 402 g/mol. The Morgan fingerprint density at radius 1 is 1.32 bits per heavy atom. The fraction of sp³-hybridized carbons (Fsp3) is 0.222. The summed E-state index contributed by atoms with van der Waals surface area (Å²) in [4.78, 5) is 7.63. The number of aryl methyl sites for hydroxylation is 1. The highest BCUT2D eigenvalue weighted by atomic mass is 79.9. The zero-order chi connectivity index (χ0) is 17.8. The summed E-state index contributed by atoms with van der Waals surface area (Å²) in [6.45, 7) is 4.54. The summed E-state index contributed by atoms with van der Waals surface area (Å²) in [5.41, 5.74) is 6.83. The number of benzene rings is 2. The Morgan fingerprint density at radius 3 is 2.92 bits per heavy atom. The number of ether oxygens (including phenoxy) is 2. The maximum Gasteiger partial charge on any atom is 0.222 e. The Kier molecular flexibility index (Phi) is 5.23. The molecule has 0 bridgehead atoms. The molecule has 25 heavy (non-hydrogen) atoms. The van der Waals surface area contributed by atoms with E-state index in [2.05, 4.69) is 36.4 Å². The molecule has 6 nitrogen and oxygen atoms in total. The van der Waals surface area contributed by atoms with Crippen LogP contribution in [-0.2, 0) is 0 Å². The van der Waals surface area contributed by atoms with Gasteiger partial charge in [0.05, 0.1) is 35.4 Å². The average molecular weight is 403 g/mol. The minimum atomic E-state index is 0.565. The van der Waals surface area contributed by atoms with Crippen LogP contribution in [0.4, 0.5) is 5.95 Å². The van der Waals surface area contributed by atoms with Gasteiger partial charge in [-0.25, -0.2) is 10.4 Å². The highest BCUT2D eigenvalue weighted by Gasteiger charge is 2.10. The van der Waals surface area contributed by atoms with Crippen molar-refractivity contribution in [1.82, 2.24) is 9.97 Å². The van der Waals surface area contributed by atoms with Crippen molar-refractivity contribution in [1.29, 1.82) is 0 Å². The zero-order valence-corrected chi connectivity index (χ0v) is 15.8. The predicted molar refractivity (Wildman–Crippen MR) is 104 cm³/mol. The largest absolute Gasteiger partial charge is 0.493 e. The van der Waals surface area contributed by atoms with Crippen molar-refractivity contribution in [2.75, 3.05) is 19.1 Å². The molecule has 0 fully saturated rings. The van der Waals surface area contributed by atoms with Gasteiger partial charge >= 0.3 is 0 Å². The van der Waals surface area contributed by atoms with Crippen molar-refractivity contribution in [2.24, 2.45) is 5.10 Å². The van der Waals surface area contributed by atoms with Crippen molar-refractivity contribution in [2.45, 2.75) is 13.8 Å². The molecule has 0 saturated heterocycles. The van der Waals surface area contributed by atoms with Gasteiger partial charge in [-0.1, -0.05) is 6.07 Å². The molecule has 0 amide bonds. The zero-order valence-electron chi connectivity index (χ0n) is 14.3. The van der Waals surface area contributed by atoms with Gasteiger partial charge in [0.2, 0.25) is 5.95 Å². The maximum atomic E-state index is 5.58. The molecule has 0 aliphatic heterocycles. The first kappa shape index (κ1) is 17.3. The van der Waals surface area contributed by atoms with Gasteiger partial charge in [-0.05, 0) is 65.2 Å². The average Bonchev–Trinajstić information content (AvgIpc) is 2.98. The van der Waals surface area contributed by atoms with Gasteiger partial charge in [0.25, 0.3) is 0 Å². The number of anilines is 1. The van der Waals surface area contributed by atoms with Crippen LogP contribution in [0.1, 0.15) is 18.1 Å². The molecule has 7 heteroatoms. The Labute approximate surface area is 154 Å². The number of aromatic nitrogens is 2. The molecule has 0 atom stereocenters. The lowest BCUT2D eigenvalue weighted by molar-refractivity contribution is 0.309. The first-order valence-corrected chi connectivity index (χ1v) is 8.65. The summed E-state index contributed by atoms with van der Waals surface area (Å²) >= 11 is 3.50. The number of methoxy groups -OCH3 is 1. The third-order valence-corrected chi connectivity index (χ3v) is 4.15. The number of hydrogen-bond acceptors (Lipinski definition) is 5. The van der Waals surface area contributed by atoms with Crippen molar-refractivity contribution < 1.29 is 9.47 Å². The number of imidazole rings is 1. The van der Waals surface area contributed by atoms with E-state index in [1.807, 2.05) is 44.2 Å². The van der Waals surface area contributed by atoms with Gasteiger partial charge in [-0.2, -0.15) is 5.10 Å². The van der Waals surface area contributed by atoms with Crippen molar-refractivity contribution >= 4 is 39.1 Å². The Bertz CT molecular complexity index is 921. The highest BCUT2D eigenvalue weighted by Crippen LogP contribution is 2.36. The number of aromatic amines is 1. The van der Waals surface area contributed by atoms with Gasteiger partial charge in [-0.3, -0.25) is 0 Å². The molecule has 2 N–H and O–H groups in total. The van der Waals surface area contributed by atoms with E-state index < -0.39 is 0 Å². The van der Waals surface area contributed by atoms with Crippen molar-refractivity contribution in [3.8, 4) is 11.5 Å². The third kappa shape index (κ3) is 3.93. The molecule has 130 valence electrons. The molecule has 0 spiro atoms. The first-order valence-electron chi connectivity index (χ1n) is 7.86. The molecule has 1 heterocycles. The minimum absolute atomic E-state index is 0.565. The van der Waals surface area contributed by atoms with Gasteiger partial charge in [0.15, 0.2) is 11.5 Å². The Hall–Kier alpha value is -2.54. The minimum Gasteiger partial charge on any atom is -0.493 e. The number of H-pyrrole nitrogens is 1. The second kappa shape index (κ2) is 7.57. The Balaban J connectivity index is 1.77. The normalized spacial score (nSPS) is 11.2. The summed E-state index contributed by atoms with van der Waals surface area (Å²) in [5.74, 6) is 1.92. The van der Waals surface area contributed by atoms with E-state index in [1.165, 1.54) is 5.56 Å². The van der Waals surface area contributed by atoms with E-state index in [0.29, 0.717) is 24.1 Å². The predicted octanol–water partition coefficient (Wildman–Crippen LogP) is 4.49. The lowest BCUT2D eigenvalue weighted by Gasteiger charge is -2.11. The number of fused-ring (bicyclic) bond motifs is 1. The number of hydrazone groups is 1. The van der Waals surface area contributed by atoms with Gasteiger partial charge in [-0.15, -0.1) is 0 Å². The van der Waals surface area contributed by atoms with Crippen LogP contribution in [0.3, 0.4) is 0 Å². The van der Waals surface area contributed by atoms with Gasteiger partial charge in [0.1, 0.15) is 0 Å². The van der Waals surface area contributed by atoms with E-state index in [4.69, 9.17) is 9.47 Å². The second-order valence-electron chi connectivity index (χ2n) is 5.44. The molecule has 0 radical (unpaired) electrons. The molecule has 0 saturated carbocycles. The summed E-state index contributed by atoms with van der Waals surface area (Å²) in [5, 5.41) is 4.24. The quantitative estimate of drug-likeness (QED) is 0.470. The van der Waals surface area contributed by atoms with E-state index in [-0.39, 0.29) is 0 Å². The maximum absolute atomic E-state index is 5.58.